The summed E-state index contributed by atoms with van der Waals surface area (Å²) in [5.74, 6) is 1.21. The molecule has 1 saturated carbocycles. The molecule has 1 heterocycles. The molecule has 0 radical (unpaired) electrons. The highest BCUT2D eigenvalue weighted by molar-refractivity contribution is 5.78. The Hall–Kier alpha value is -2.30. The molecule has 5 heteroatoms. The van der Waals surface area contributed by atoms with Crippen molar-refractivity contribution in [1.29, 1.82) is 0 Å². The Morgan fingerprint density at radius 2 is 2.00 bits per heavy atom. The molecule has 0 saturated heterocycles. The first-order valence-corrected chi connectivity index (χ1v) is 7.89. The molecule has 3 rings (SSSR count). The summed E-state index contributed by atoms with van der Waals surface area (Å²) >= 11 is 0. The van der Waals surface area contributed by atoms with Crippen LogP contribution in [0.3, 0.4) is 0 Å². The molecule has 0 amide bonds. The number of hydrogen-bond donors (Lipinski definition) is 2. The summed E-state index contributed by atoms with van der Waals surface area (Å²) in [5.41, 5.74) is 7.81. The van der Waals surface area contributed by atoms with Crippen molar-refractivity contribution >= 4 is 5.96 Å². The minimum absolute atomic E-state index is 0.408. The van der Waals surface area contributed by atoms with Crippen molar-refractivity contribution in [2.45, 2.75) is 44.7 Å². The van der Waals surface area contributed by atoms with Gasteiger partial charge in [-0.25, -0.2) is 4.99 Å². The number of nitrogens with two attached hydrogens (primary N) is 1. The summed E-state index contributed by atoms with van der Waals surface area (Å²) in [4.78, 5) is 4.35. The molecule has 3 N–H and O–H groups in total. The van der Waals surface area contributed by atoms with Gasteiger partial charge >= 0.3 is 0 Å². The van der Waals surface area contributed by atoms with Crippen LogP contribution in [0.1, 0.15) is 37.9 Å². The largest absolute Gasteiger partial charge is 0.370 e. The van der Waals surface area contributed by atoms with Crippen LogP contribution in [0.15, 0.2) is 45.9 Å². The number of hydrogen-bond acceptors (Lipinski definition) is 3. The summed E-state index contributed by atoms with van der Waals surface area (Å²) in [6, 6.07) is 12.3. The van der Waals surface area contributed by atoms with E-state index in [4.69, 9.17) is 10.3 Å². The number of aromatic nitrogens is 1. The third-order valence-corrected chi connectivity index (χ3v) is 3.99. The van der Waals surface area contributed by atoms with E-state index in [0.29, 0.717) is 24.3 Å². The summed E-state index contributed by atoms with van der Waals surface area (Å²) in [7, 11) is 0. The topological polar surface area (TPSA) is 76.4 Å². The fourth-order valence-corrected chi connectivity index (χ4v) is 2.80. The van der Waals surface area contributed by atoms with E-state index >= 15 is 0 Å². The lowest BCUT2D eigenvalue weighted by atomic mass is 9.96. The van der Waals surface area contributed by atoms with Gasteiger partial charge in [0.2, 0.25) is 0 Å². The monoisotopic (exact) mass is 298 g/mol. The Balaban J connectivity index is 1.57. The molecule has 0 bridgehead atoms. The van der Waals surface area contributed by atoms with Gasteiger partial charge in [-0.05, 0) is 12.8 Å². The number of nitrogens with zero attached hydrogens (tertiary/aromatic N) is 2. The molecule has 0 spiro atoms. The van der Waals surface area contributed by atoms with Crippen LogP contribution in [0.5, 0.6) is 0 Å². The van der Waals surface area contributed by atoms with E-state index in [2.05, 4.69) is 15.5 Å². The van der Waals surface area contributed by atoms with Gasteiger partial charge in [0.05, 0.1) is 0 Å². The van der Waals surface area contributed by atoms with Crippen molar-refractivity contribution in [1.82, 2.24) is 10.5 Å². The Kier molecular flexibility index (Phi) is 4.73. The van der Waals surface area contributed by atoms with E-state index in [1.54, 1.807) is 0 Å². The quantitative estimate of drug-likeness (QED) is 0.672. The van der Waals surface area contributed by atoms with Gasteiger partial charge in [0.25, 0.3) is 0 Å². The van der Waals surface area contributed by atoms with Crippen molar-refractivity contribution in [2.75, 3.05) is 0 Å². The predicted octanol–water partition coefficient (Wildman–Crippen LogP) is 3.08. The highest BCUT2D eigenvalue weighted by atomic mass is 16.5. The first kappa shape index (κ1) is 14.6. The van der Waals surface area contributed by atoms with Gasteiger partial charge in [0, 0.05) is 17.7 Å². The molecular weight excluding hydrogens is 276 g/mol. The molecule has 1 aromatic carbocycles. The van der Waals surface area contributed by atoms with E-state index in [1.807, 2.05) is 36.4 Å². The number of rotatable bonds is 4. The molecule has 1 fully saturated rings. The lowest BCUT2D eigenvalue weighted by Gasteiger charge is -2.23. The zero-order chi connectivity index (χ0) is 15.2. The average Bonchev–Trinajstić information content (AvgIpc) is 3.04. The molecule has 0 atom stereocenters. The predicted molar refractivity (Wildman–Crippen MR) is 87.3 cm³/mol. The van der Waals surface area contributed by atoms with Crippen LogP contribution in [-0.2, 0) is 6.54 Å². The van der Waals surface area contributed by atoms with Crippen molar-refractivity contribution in [3.8, 4) is 11.3 Å². The van der Waals surface area contributed by atoms with Gasteiger partial charge in [-0.3, -0.25) is 0 Å². The summed E-state index contributed by atoms with van der Waals surface area (Å²) in [6.07, 6.45) is 6.23. The van der Waals surface area contributed by atoms with Gasteiger partial charge < -0.3 is 15.6 Å². The maximum absolute atomic E-state index is 5.95. The van der Waals surface area contributed by atoms with E-state index in [1.165, 1.54) is 32.1 Å². The second-order valence-electron chi connectivity index (χ2n) is 5.73. The molecule has 2 aromatic rings. The molecule has 0 aliphatic heterocycles. The third kappa shape index (κ3) is 3.87. The summed E-state index contributed by atoms with van der Waals surface area (Å²) < 4.78 is 5.32. The van der Waals surface area contributed by atoms with E-state index in [0.717, 1.165) is 11.3 Å². The minimum atomic E-state index is 0.408. The van der Waals surface area contributed by atoms with Crippen molar-refractivity contribution in [2.24, 2.45) is 10.7 Å². The highest BCUT2D eigenvalue weighted by Gasteiger charge is 2.13. The zero-order valence-corrected chi connectivity index (χ0v) is 12.7. The number of nitrogens with one attached hydrogen (secondary N) is 1. The Morgan fingerprint density at radius 1 is 1.23 bits per heavy atom. The molecule has 116 valence electrons. The smallest absolute Gasteiger partial charge is 0.189 e. The van der Waals surface area contributed by atoms with Crippen LogP contribution >= 0.6 is 0 Å². The van der Waals surface area contributed by atoms with Crippen LogP contribution in [-0.4, -0.2) is 17.2 Å². The van der Waals surface area contributed by atoms with Gasteiger partial charge in [0.1, 0.15) is 12.2 Å². The lowest BCUT2D eigenvalue weighted by Crippen LogP contribution is -2.41. The fourth-order valence-electron chi connectivity index (χ4n) is 2.80. The third-order valence-electron chi connectivity index (χ3n) is 3.99. The first-order valence-electron chi connectivity index (χ1n) is 7.89. The Labute approximate surface area is 130 Å². The molecule has 1 aliphatic rings. The van der Waals surface area contributed by atoms with E-state index in [-0.39, 0.29) is 0 Å². The highest BCUT2D eigenvalue weighted by Crippen LogP contribution is 2.19. The van der Waals surface area contributed by atoms with Crippen molar-refractivity contribution in [3.63, 3.8) is 0 Å². The summed E-state index contributed by atoms with van der Waals surface area (Å²) in [5, 5.41) is 7.37. The normalized spacial score (nSPS) is 16.6. The maximum Gasteiger partial charge on any atom is 0.189 e. The van der Waals surface area contributed by atoms with Crippen molar-refractivity contribution < 1.29 is 4.52 Å². The Morgan fingerprint density at radius 3 is 2.77 bits per heavy atom. The minimum Gasteiger partial charge on any atom is -0.370 e. The Bertz CT molecular complexity index is 615. The van der Waals surface area contributed by atoms with Crippen LogP contribution < -0.4 is 11.1 Å². The first-order chi connectivity index (χ1) is 10.8. The lowest BCUT2D eigenvalue weighted by molar-refractivity contribution is 0.386. The van der Waals surface area contributed by atoms with E-state index in [9.17, 15) is 0 Å². The molecule has 22 heavy (non-hydrogen) atoms. The van der Waals surface area contributed by atoms with Crippen LogP contribution in [0, 0.1) is 0 Å². The van der Waals surface area contributed by atoms with Gasteiger partial charge in [-0.1, -0.05) is 54.8 Å². The van der Waals surface area contributed by atoms with Crippen LogP contribution in [0.25, 0.3) is 11.3 Å². The number of benzene rings is 1. The second kappa shape index (κ2) is 7.11. The van der Waals surface area contributed by atoms with Gasteiger partial charge in [0.15, 0.2) is 11.7 Å². The zero-order valence-electron chi connectivity index (χ0n) is 12.7. The van der Waals surface area contributed by atoms with Gasteiger partial charge in [-0.2, -0.15) is 0 Å². The second-order valence-corrected chi connectivity index (χ2v) is 5.73. The van der Waals surface area contributed by atoms with Crippen LogP contribution in [0.4, 0.5) is 0 Å². The standard InChI is InChI=1S/C17H22N4O/c18-17(20-14-9-5-2-6-10-14)19-12-15-11-16(21-22-15)13-7-3-1-4-8-13/h1,3-4,7-8,11,14H,2,5-6,9-10,12H2,(H3,18,19,20). The number of guanidine groups is 1. The SMILES string of the molecule is NC(=NCc1cc(-c2ccccc2)no1)NC1CCCCC1. The molecule has 1 aromatic heterocycles. The molecular formula is C17H22N4O. The number of aliphatic imine (C=N–C) groups is 1. The van der Waals surface area contributed by atoms with Gasteiger partial charge in [-0.15, -0.1) is 0 Å². The average molecular weight is 298 g/mol. The summed E-state index contributed by atoms with van der Waals surface area (Å²) in [6.45, 7) is 0.408. The molecule has 1 aliphatic carbocycles. The molecule has 5 nitrogen and oxygen atoms in total. The van der Waals surface area contributed by atoms with Crippen LogP contribution in [0.2, 0.25) is 0 Å². The van der Waals surface area contributed by atoms with Crippen molar-refractivity contribution in [3.05, 3.63) is 42.2 Å². The fraction of sp³-hybridized carbons (Fsp3) is 0.412. The van der Waals surface area contributed by atoms with E-state index < -0.39 is 0 Å². The maximum atomic E-state index is 5.95. The molecule has 0 unspecified atom stereocenters.